The van der Waals surface area contributed by atoms with Crippen molar-refractivity contribution in [2.45, 2.75) is 19.4 Å². The van der Waals surface area contributed by atoms with E-state index in [0.29, 0.717) is 16.0 Å². The van der Waals surface area contributed by atoms with Crippen molar-refractivity contribution in [2.75, 3.05) is 12.4 Å². The Labute approximate surface area is 175 Å². The van der Waals surface area contributed by atoms with E-state index in [1.54, 1.807) is 30.5 Å². The van der Waals surface area contributed by atoms with Gasteiger partial charge in [0.05, 0.1) is 12.6 Å². The fourth-order valence-electron chi connectivity index (χ4n) is 4.04. The smallest absolute Gasteiger partial charge is 0.348 e. The number of nitrogens with one attached hydrogen (secondary N) is 1. The Hall–Kier alpha value is -3.45. The molecule has 0 saturated heterocycles. The molecule has 0 bridgehead atoms. The van der Waals surface area contributed by atoms with E-state index in [9.17, 15) is 14.4 Å². The highest BCUT2D eigenvalue weighted by Crippen LogP contribution is 2.29. The van der Waals surface area contributed by atoms with Crippen molar-refractivity contribution in [3.63, 3.8) is 0 Å². The second kappa shape index (κ2) is 7.11. The van der Waals surface area contributed by atoms with Gasteiger partial charge in [0.25, 0.3) is 5.91 Å². The summed E-state index contributed by atoms with van der Waals surface area (Å²) < 4.78 is 7.69. The number of benzene rings is 2. The number of nitrogens with zero attached hydrogens (tertiary/aromatic N) is 1. The van der Waals surface area contributed by atoms with Gasteiger partial charge in [0.2, 0.25) is 5.43 Å². The quantitative estimate of drug-likeness (QED) is 0.506. The fraction of sp³-hybridized carbons (Fsp3) is 0.174. The zero-order chi connectivity index (χ0) is 20.8. The second-order valence-electron chi connectivity index (χ2n) is 7.29. The third-order valence-electron chi connectivity index (χ3n) is 5.43. The molecular formula is C23H18N2O4S. The van der Waals surface area contributed by atoms with Crippen LogP contribution < -0.4 is 10.7 Å². The molecule has 6 nitrogen and oxygen atoms in total. The van der Waals surface area contributed by atoms with E-state index in [-0.39, 0.29) is 17.0 Å². The molecule has 0 atom stereocenters. The standard InChI is InChI=1S/C23H18N2O4S/c1-29-23(28)19-11-14-10-15(7-8-18(14)30-19)24-22(27)17-12-25-9-3-5-13-4-2-6-16(20(13)25)21(17)26/h2,4,6-8,10-12H,3,5,9H2,1H3,(H,24,27). The lowest BCUT2D eigenvalue weighted by Gasteiger charge is -2.20. The number of carbonyl (C=O) groups excluding carboxylic acids is 2. The van der Waals surface area contributed by atoms with Crippen LogP contribution in [-0.4, -0.2) is 23.6 Å². The number of aromatic nitrogens is 1. The molecular weight excluding hydrogens is 400 g/mol. The van der Waals surface area contributed by atoms with E-state index in [2.05, 4.69) is 5.32 Å². The first kappa shape index (κ1) is 18.6. The monoisotopic (exact) mass is 418 g/mol. The lowest BCUT2D eigenvalue weighted by Crippen LogP contribution is -2.25. The Morgan fingerprint density at radius 1 is 1.17 bits per heavy atom. The molecule has 1 aliphatic rings. The summed E-state index contributed by atoms with van der Waals surface area (Å²) in [7, 11) is 1.34. The number of carbonyl (C=O) groups is 2. The number of aryl methyl sites for hydroxylation is 2. The van der Waals surface area contributed by atoms with Gasteiger partial charge in [-0.1, -0.05) is 12.1 Å². The Kier molecular flexibility index (Phi) is 4.40. The summed E-state index contributed by atoms with van der Waals surface area (Å²) in [5, 5.41) is 4.23. The Balaban J connectivity index is 1.51. The van der Waals surface area contributed by atoms with Crippen LogP contribution >= 0.6 is 11.3 Å². The first-order valence-electron chi connectivity index (χ1n) is 9.63. The molecule has 0 fully saturated rings. The zero-order valence-electron chi connectivity index (χ0n) is 16.2. The first-order valence-corrected chi connectivity index (χ1v) is 10.4. The number of thiophene rings is 1. The molecule has 7 heteroatoms. The molecule has 5 rings (SSSR count). The molecule has 1 N–H and O–H groups in total. The highest BCUT2D eigenvalue weighted by Gasteiger charge is 2.20. The summed E-state index contributed by atoms with van der Waals surface area (Å²) in [5.41, 5.74) is 2.51. The highest BCUT2D eigenvalue weighted by atomic mass is 32.1. The first-order chi connectivity index (χ1) is 14.5. The number of rotatable bonds is 3. The molecule has 0 saturated carbocycles. The average Bonchev–Trinajstić information content (AvgIpc) is 3.19. The van der Waals surface area contributed by atoms with Crippen LogP contribution in [0, 0.1) is 0 Å². The molecule has 1 aliphatic heterocycles. The van der Waals surface area contributed by atoms with Crippen LogP contribution in [0.4, 0.5) is 5.69 Å². The van der Waals surface area contributed by atoms with Crippen molar-refractivity contribution < 1.29 is 14.3 Å². The summed E-state index contributed by atoms with van der Waals surface area (Å²) in [4.78, 5) is 38.2. The number of ether oxygens (including phenoxy) is 1. The van der Waals surface area contributed by atoms with E-state index < -0.39 is 5.91 Å². The lowest BCUT2D eigenvalue weighted by molar-refractivity contribution is 0.0606. The molecule has 4 aromatic rings. The Bertz CT molecular complexity index is 1400. The van der Waals surface area contributed by atoms with Gasteiger partial charge in [0.15, 0.2) is 0 Å². The molecule has 2 aromatic heterocycles. The topological polar surface area (TPSA) is 77.4 Å². The van der Waals surface area contributed by atoms with Crippen molar-refractivity contribution in [3.05, 3.63) is 74.9 Å². The van der Waals surface area contributed by atoms with Gasteiger partial charge < -0.3 is 14.6 Å². The van der Waals surface area contributed by atoms with Crippen LogP contribution in [0.5, 0.6) is 0 Å². The van der Waals surface area contributed by atoms with Gasteiger partial charge in [-0.15, -0.1) is 11.3 Å². The summed E-state index contributed by atoms with van der Waals surface area (Å²) in [5.74, 6) is -0.830. The van der Waals surface area contributed by atoms with Crippen LogP contribution in [0.15, 0.2) is 53.5 Å². The maximum absolute atomic E-state index is 13.0. The maximum atomic E-state index is 13.0. The summed E-state index contributed by atoms with van der Waals surface area (Å²) in [6.45, 7) is 0.783. The number of anilines is 1. The van der Waals surface area contributed by atoms with Crippen molar-refractivity contribution in [3.8, 4) is 0 Å². The van der Waals surface area contributed by atoms with Gasteiger partial charge in [-0.2, -0.15) is 0 Å². The molecule has 2 aromatic carbocycles. The van der Waals surface area contributed by atoms with E-state index >= 15 is 0 Å². The fourth-order valence-corrected chi connectivity index (χ4v) is 5.00. The number of hydrogen-bond donors (Lipinski definition) is 1. The van der Waals surface area contributed by atoms with E-state index in [0.717, 1.165) is 40.6 Å². The van der Waals surface area contributed by atoms with E-state index in [4.69, 9.17) is 4.74 Å². The minimum absolute atomic E-state index is 0.127. The average molecular weight is 418 g/mol. The largest absolute Gasteiger partial charge is 0.465 e. The number of pyridine rings is 1. The Morgan fingerprint density at radius 3 is 2.87 bits per heavy atom. The number of amides is 1. The van der Waals surface area contributed by atoms with Crippen molar-refractivity contribution in [1.82, 2.24) is 4.57 Å². The van der Waals surface area contributed by atoms with Gasteiger partial charge in [0, 0.05) is 28.5 Å². The SMILES string of the molecule is COC(=O)c1cc2cc(NC(=O)c3cn4c5c(cccc5c3=O)CCC4)ccc2s1. The van der Waals surface area contributed by atoms with Crippen LogP contribution in [0.1, 0.15) is 32.0 Å². The molecule has 150 valence electrons. The number of fused-ring (bicyclic) bond motifs is 1. The summed E-state index contributed by atoms with van der Waals surface area (Å²) in [6.07, 6.45) is 3.59. The predicted molar refractivity (Wildman–Crippen MR) is 118 cm³/mol. The normalized spacial score (nSPS) is 12.8. The molecule has 0 spiro atoms. The number of para-hydroxylation sites is 1. The van der Waals surface area contributed by atoms with Gasteiger partial charge in [-0.3, -0.25) is 9.59 Å². The Morgan fingerprint density at radius 2 is 2.03 bits per heavy atom. The molecule has 30 heavy (non-hydrogen) atoms. The minimum atomic E-state index is -0.440. The third kappa shape index (κ3) is 2.98. The van der Waals surface area contributed by atoms with E-state index in [1.807, 2.05) is 22.8 Å². The summed E-state index contributed by atoms with van der Waals surface area (Å²) >= 11 is 1.33. The molecule has 0 unspecified atom stereocenters. The predicted octanol–water partition coefficient (Wildman–Crippen LogP) is 4.20. The number of hydrogen-bond acceptors (Lipinski definition) is 5. The van der Waals surface area contributed by atoms with Gasteiger partial charge in [-0.05, 0) is 54.1 Å². The maximum Gasteiger partial charge on any atom is 0.348 e. The van der Waals surface area contributed by atoms with E-state index in [1.165, 1.54) is 18.4 Å². The molecule has 3 heterocycles. The number of esters is 1. The van der Waals surface area contributed by atoms with Gasteiger partial charge >= 0.3 is 5.97 Å². The van der Waals surface area contributed by atoms with Crippen molar-refractivity contribution in [2.24, 2.45) is 0 Å². The third-order valence-corrected chi connectivity index (χ3v) is 6.53. The van der Waals surface area contributed by atoms with Crippen molar-refractivity contribution >= 4 is 49.9 Å². The summed E-state index contributed by atoms with van der Waals surface area (Å²) in [6, 6.07) is 12.8. The molecule has 0 aliphatic carbocycles. The van der Waals surface area contributed by atoms with Crippen LogP contribution in [0.3, 0.4) is 0 Å². The van der Waals surface area contributed by atoms with Crippen LogP contribution in [0.25, 0.3) is 21.0 Å². The van der Waals surface area contributed by atoms with Gasteiger partial charge in [0.1, 0.15) is 10.4 Å². The van der Waals surface area contributed by atoms with Crippen molar-refractivity contribution in [1.29, 1.82) is 0 Å². The highest BCUT2D eigenvalue weighted by molar-refractivity contribution is 7.20. The van der Waals surface area contributed by atoms with Crippen LogP contribution in [0.2, 0.25) is 0 Å². The molecule has 1 amide bonds. The van der Waals surface area contributed by atoms with Gasteiger partial charge in [-0.25, -0.2) is 4.79 Å². The number of methoxy groups -OCH3 is 1. The molecule has 0 radical (unpaired) electrons. The zero-order valence-corrected chi connectivity index (χ0v) is 17.0. The second-order valence-corrected chi connectivity index (χ2v) is 8.37. The lowest BCUT2D eigenvalue weighted by atomic mass is 9.99. The minimum Gasteiger partial charge on any atom is -0.465 e. The van der Waals surface area contributed by atoms with Crippen LogP contribution in [-0.2, 0) is 17.7 Å².